The topological polar surface area (TPSA) is 62.7 Å². The average Bonchev–Trinajstić information content (AvgIpc) is 3.25. The Morgan fingerprint density at radius 2 is 2.15 bits per heavy atom. The van der Waals surface area contributed by atoms with Crippen LogP contribution in [0.15, 0.2) is 29.6 Å². The van der Waals surface area contributed by atoms with E-state index >= 15 is 0 Å². The molecule has 0 N–H and O–H groups in total. The van der Waals surface area contributed by atoms with Crippen LogP contribution in [0.25, 0.3) is 0 Å². The number of thiazole rings is 1. The lowest BCUT2D eigenvalue weighted by molar-refractivity contribution is -0.129. The summed E-state index contributed by atoms with van der Waals surface area (Å²) in [6, 6.07) is 7.11. The summed E-state index contributed by atoms with van der Waals surface area (Å²) in [7, 11) is 1.74. The van der Waals surface area contributed by atoms with Gasteiger partial charge in [-0.25, -0.2) is 4.98 Å². The number of halogens is 1. The van der Waals surface area contributed by atoms with Crippen LogP contribution in [-0.4, -0.2) is 48.4 Å². The van der Waals surface area contributed by atoms with Crippen molar-refractivity contribution in [1.29, 1.82) is 0 Å². The highest BCUT2D eigenvalue weighted by Gasteiger charge is 2.24. The summed E-state index contributed by atoms with van der Waals surface area (Å²) in [5, 5.41) is 3.18. The number of hydrogen-bond donors (Lipinski definition) is 0. The fraction of sp³-hybridized carbons (Fsp3) is 0.389. The number of carbonyl (C=O) groups is 2. The fourth-order valence-corrected chi connectivity index (χ4v) is 3.59. The fourth-order valence-electron chi connectivity index (χ4n) is 2.60. The molecule has 0 bridgehead atoms. The molecule has 138 valence electrons. The summed E-state index contributed by atoms with van der Waals surface area (Å²) < 4.78 is 5.61. The molecule has 1 aromatic carbocycles. The smallest absolute Gasteiger partial charge is 0.228 e. The monoisotopic (exact) mass is 393 g/mol. The van der Waals surface area contributed by atoms with Gasteiger partial charge in [0.05, 0.1) is 18.7 Å². The van der Waals surface area contributed by atoms with Gasteiger partial charge in [0, 0.05) is 30.4 Å². The molecule has 2 aromatic rings. The van der Waals surface area contributed by atoms with Crippen LogP contribution in [0.5, 0.6) is 5.75 Å². The minimum atomic E-state index is -0.0331. The Hall–Kier alpha value is -2.12. The van der Waals surface area contributed by atoms with Crippen LogP contribution in [0.4, 0.5) is 5.13 Å². The Balaban J connectivity index is 1.46. The van der Waals surface area contributed by atoms with Crippen LogP contribution in [0.3, 0.4) is 0 Å². The van der Waals surface area contributed by atoms with E-state index in [1.807, 2.05) is 5.38 Å². The van der Waals surface area contributed by atoms with Crippen molar-refractivity contribution in [1.82, 2.24) is 9.88 Å². The molecule has 2 heterocycles. The first-order chi connectivity index (χ1) is 12.5. The van der Waals surface area contributed by atoms with E-state index in [1.54, 1.807) is 41.1 Å². The van der Waals surface area contributed by atoms with Gasteiger partial charge in [-0.05, 0) is 30.7 Å². The normalized spacial score (nSPS) is 13.9. The molecular weight excluding hydrogens is 374 g/mol. The first-order valence-corrected chi connectivity index (χ1v) is 9.66. The van der Waals surface area contributed by atoms with E-state index in [0.717, 1.165) is 12.2 Å². The first-order valence-electron chi connectivity index (χ1n) is 8.40. The van der Waals surface area contributed by atoms with Crippen molar-refractivity contribution in [3.8, 4) is 5.75 Å². The summed E-state index contributed by atoms with van der Waals surface area (Å²) in [6.45, 7) is 1.58. The second-order valence-corrected chi connectivity index (χ2v) is 7.34. The van der Waals surface area contributed by atoms with Crippen molar-refractivity contribution in [3.05, 3.63) is 40.4 Å². The number of nitrogens with zero attached hydrogens (tertiary/aromatic N) is 3. The van der Waals surface area contributed by atoms with Crippen LogP contribution in [-0.2, 0) is 16.0 Å². The Morgan fingerprint density at radius 1 is 1.38 bits per heavy atom. The lowest BCUT2D eigenvalue weighted by Gasteiger charge is -2.17. The third-order valence-electron chi connectivity index (χ3n) is 4.11. The number of rotatable bonds is 7. The van der Waals surface area contributed by atoms with Crippen LogP contribution < -0.4 is 9.64 Å². The molecule has 2 amide bonds. The van der Waals surface area contributed by atoms with Crippen molar-refractivity contribution in [2.45, 2.75) is 19.3 Å². The molecule has 1 aliphatic heterocycles. The van der Waals surface area contributed by atoms with Gasteiger partial charge >= 0.3 is 0 Å². The number of ether oxygens (including phenoxy) is 1. The van der Waals surface area contributed by atoms with E-state index < -0.39 is 0 Å². The van der Waals surface area contributed by atoms with Crippen LogP contribution >= 0.6 is 22.9 Å². The number of aromatic nitrogens is 1. The van der Waals surface area contributed by atoms with Gasteiger partial charge in [0.15, 0.2) is 5.13 Å². The van der Waals surface area contributed by atoms with E-state index in [0.29, 0.717) is 42.0 Å². The number of hydrogen-bond acceptors (Lipinski definition) is 5. The number of anilines is 1. The van der Waals surface area contributed by atoms with Crippen molar-refractivity contribution in [3.63, 3.8) is 0 Å². The quantitative estimate of drug-likeness (QED) is 0.725. The first kappa shape index (κ1) is 18.7. The minimum absolute atomic E-state index is 0.0331. The average molecular weight is 394 g/mol. The Labute approximate surface area is 161 Å². The lowest BCUT2D eigenvalue weighted by Crippen LogP contribution is -2.32. The van der Waals surface area contributed by atoms with Gasteiger partial charge < -0.3 is 9.64 Å². The van der Waals surface area contributed by atoms with Crippen LogP contribution in [0.1, 0.15) is 18.5 Å². The van der Waals surface area contributed by atoms with Crippen molar-refractivity contribution in [2.24, 2.45) is 0 Å². The highest BCUT2D eigenvalue weighted by atomic mass is 35.5. The molecule has 1 aromatic heterocycles. The van der Waals surface area contributed by atoms with Gasteiger partial charge in [-0.2, -0.15) is 0 Å². The summed E-state index contributed by atoms with van der Waals surface area (Å²) in [4.78, 5) is 31.8. The standard InChI is InChI=1S/C18H20ClN3O3S/c1-21(9-10-25-15-6-4-13(19)5-7-15)17(24)11-14-12-26-18(20-14)22-8-2-3-16(22)23/h4-7,12H,2-3,8-11H2,1H3. The van der Waals surface area contributed by atoms with E-state index in [-0.39, 0.29) is 18.2 Å². The third kappa shape index (κ3) is 4.74. The van der Waals surface area contributed by atoms with Crippen LogP contribution in [0.2, 0.25) is 5.02 Å². The van der Waals surface area contributed by atoms with E-state index in [4.69, 9.17) is 16.3 Å². The zero-order chi connectivity index (χ0) is 18.5. The molecule has 0 radical (unpaired) electrons. The Bertz CT molecular complexity index is 778. The molecule has 3 rings (SSSR count). The second kappa shape index (κ2) is 8.51. The molecule has 1 fully saturated rings. The van der Waals surface area contributed by atoms with Gasteiger partial charge in [-0.1, -0.05) is 11.6 Å². The van der Waals surface area contributed by atoms with Gasteiger partial charge in [0.2, 0.25) is 11.8 Å². The molecule has 26 heavy (non-hydrogen) atoms. The Morgan fingerprint density at radius 3 is 2.85 bits per heavy atom. The zero-order valence-electron chi connectivity index (χ0n) is 14.5. The zero-order valence-corrected chi connectivity index (χ0v) is 16.1. The summed E-state index contributed by atoms with van der Waals surface area (Å²) in [5.74, 6) is 0.790. The molecule has 6 nitrogen and oxygen atoms in total. The number of benzene rings is 1. The molecular formula is C18H20ClN3O3S. The maximum absolute atomic E-state index is 12.3. The van der Waals surface area contributed by atoms with E-state index in [9.17, 15) is 9.59 Å². The molecule has 0 saturated carbocycles. The largest absolute Gasteiger partial charge is 0.492 e. The maximum Gasteiger partial charge on any atom is 0.228 e. The predicted octanol–water partition coefficient (Wildman–Crippen LogP) is 3.00. The highest BCUT2D eigenvalue weighted by Crippen LogP contribution is 2.25. The minimum Gasteiger partial charge on any atom is -0.492 e. The van der Waals surface area contributed by atoms with Crippen molar-refractivity contribution in [2.75, 3.05) is 31.6 Å². The molecule has 0 unspecified atom stereocenters. The third-order valence-corrected chi connectivity index (χ3v) is 5.28. The molecule has 1 aliphatic rings. The molecule has 0 spiro atoms. The van der Waals surface area contributed by atoms with Crippen molar-refractivity contribution < 1.29 is 14.3 Å². The van der Waals surface area contributed by atoms with E-state index in [1.165, 1.54) is 11.3 Å². The van der Waals surface area contributed by atoms with Gasteiger partial charge in [0.25, 0.3) is 0 Å². The molecule has 8 heteroatoms. The van der Waals surface area contributed by atoms with E-state index in [2.05, 4.69) is 4.98 Å². The number of carbonyl (C=O) groups excluding carboxylic acids is 2. The number of amides is 2. The summed E-state index contributed by atoms with van der Waals surface area (Å²) in [6.07, 6.45) is 1.66. The molecule has 0 atom stereocenters. The molecule has 1 saturated heterocycles. The second-order valence-electron chi connectivity index (χ2n) is 6.06. The predicted molar refractivity (Wildman–Crippen MR) is 102 cm³/mol. The van der Waals surface area contributed by atoms with Gasteiger partial charge in [0.1, 0.15) is 12.4 Å². The maximum atomic E-state index is 12.3. The number of likely N-dealkylation sites (N-methyl/N-ethyl adjacent to an activating group) is 1. The summed E-state index contributed by atoms with van der Waals surface area (Å²) in [5.41, 5.74) is 0.695. The SMILES string of the molecule is CN(CCOc1ccc(Cl)cc1)C(=O)Cc1csc(N2CCCC2=O)n1. The van der Waals surface area contributed by atoms with Crippen LogP contribution in [0, 0.1) is 0 Å². The Kier molecular flexibility index (Phi) is 6.11. The van der Waals surface area contributed by atoms with Gasteiger partial charge in [-0.3, -0.25) is 14.5 Å². The highest BCUT2D eigenvalue weighted by molar-refractivity contribution is 7.14. The van der Waals surface area contributed by atoms with Crippen molar-refractivity contribution >= 4 is 39.9 Å². The van der Waals surface area contributed by atoms with Gasteiger partial charge in [-0.15, -0.1) is 11.3 Å². The molecule has 0 aliphatic carbocycles. The summed E-state index contributed by atoms with van der Waals surface area (Å²) >= 11 is 7.24. The lowest BCUT2D eigenvalue weighted by atomic mass is 10.3.